The van der Waals surface area contributed by atoms with Gasteiger partial charge in [-0.05, 0) is 25.5 Å². The molecule has 1 aromatic carbocycles. The van der Waals surface area contributed by atoms with Crippen molar-refractivity contribution in [2.75, 3.05) is 20.5 Å². The molecule has 1 aromatic heterocycles. The summed E-state index contributed by atoms with van der Waals surface area (Å²) in [5, 5.41) is 0.581. The molecule has 0 spiro atoms. The van der Waals surface area contributed by atoms with Gasteiger partial charge in [0.05, 0.1) is 12.7 Å². The minimum atomic E-state index is -1.64. The van der Waals surface area contributed by atoms with E-state index in [-0.39, 0.29) is 25.5 Å². The van der Waals surface area contributed by atoms with E-state index in [1.54, 1.807) is 19.2 Å². The van der Waals surface area contributed by atoms with Gasteiger partial charge in [0.15, 0.2) is 13.1 Å². The third-order valence-corrected chi connectivity index (χ3v) is 5.58. The second-order valence-electron chi connectivity index (χ2n) is 6.39. The quantitative estimate of drug-likeness (QED) is 0.624. The normalized spacial score (nSPS) is 21.6. The molecule has 29 heavy (non-hydrogen) atoms. The first-order valence-corrected chi connectivity index (χ1v) is 10.4. The summed E-state index contributed by atoms with van der Waals surface area (Å²) in [6.07, 6.45) is 1.00. The Labute approximate surface area is 173 Å². The average Bonchev–Trinajstić information content (AvgIpc) is 2.71. The van der Waals surface area contributed by atoms with Crippen LogP contribution in [0.25, 0.3) is 0 Å². The number of halogens is 1. The number of nitrogens with zero attached hydrogens (tertiary/aromatic N) is 1. The summed E-state index contributed by atoms with van der Waals surface area (Å²) in [4.78, 5) is 25.4. The smallest absolute Gasteiger partial charge is 0.337 e. The average molecular weight is 445 g/mol. The number of aromatic nitrogens is 2. The van der Waals surface area contributed by atoms with Crippen molar-refractivity contribution in [3.05, 3.63) is 68.0 Å². The second kappa shape index (κ2) is 10.4. The van der Waals surface area contributed by atoms with Gasteiger partial charge in [-0.25, -0.2) is 4.79 Å². The predicted molar refractivity (Wildman–Crippen MR) is 107 cm³/mol. The van der Waals surface area contributed by atoms with Gasteiger partial charge in [0.25, 0.3) is 5.56 Å². The van der Waals surface area contributed by atoms with Crippen molar-refractivity contribution in [1.82, 2.24) is 9.55 Å². The second-order valence-corrected chi connectivity index (χ2v) is 8.00. The van der Waals surface area contributed by atoms with Crippen molar-refractivity contribution in [2.45, 2.75) is 31.8 Å². The molecule has 3 rings (SSSR count). The molecule has 1 aliphatic heterocycles. The molecule has 1 saturated heterocycles. The third kappa shape index (κ3) is 6.20. The first-order chi connectivity index (χ1) is 14.0. The minimum absolute atomic E-state index is 0.0315. The molecule has 158 valence electrons. The topological polar surface area (TPSA) is 101 Å². The van der Waals surface area contributed by atoms with Gasteiger partial charge < -0.3 is 14.0 Å². The van der Waals surface area contributed by atoms with Gasteiger partial charge >= 0.3 is 14.3 Å². The van der Waals surface area contributed by atoms with Crippen LogP contribution < -0.4 is 11.2 Å². The first kappa shape index (κ1) is 22.1. The van der Waals surface area contributed by atoms with Gasteiger partial charge in [0.1, 0.15) is 0 Å². The van der Waals surface area contributed by atoms with Gasteiger partial charge in [-0.3, -0.25) is 23.4 Å². The number of benzene rings is 1. The van der Waals surface area contributed by atoms with Crippen LogP contribution in [0.4, 0.5) is 0 Å². The molecule has 2 heterocycles. The lowest BCUT2D eigenvalue weighted by Crippen LogP contribution is -2.33. The van der Waals surface area contributed by atoms with E-state index >= 15 is 0 Å². The molecule has 9 nitrogen and oxygen atoms in total. The summed E-state index contributed by atoms with van der Waals surface area (Å²) < 4.78 is 29.2. The van der Waals surface area contributed by atoms with Crippen LogP contribution >= 0.6 is 20.2 Å². The number of ether oxygens (including phenoxy) is 2. The zero-order chi connectivity index (χ0) is 20.8. The fourth-order valence-corrected chi connectivity index (χ4v) is 3.97. The van der Waals surface area contributed by atoms with Gasteiger partial charge in [-0.15, -0.1) is 0 Å². The molecule has 0 aliphatic carbocycles. The summed E-state index contributed by atoms with van der Waals surface area (Å²) in [7, 11) is -0.0768. The van der Waals surface area contributed by atoms with Crippen LogP contribution in [-0.4, -0.2) is 36.2 Å². The molecular weight excluding hydrogens is 423 g/mol. The maximum Gasteiger partial charge on any atom is 0.337 e. The van der Waals surface area contributed by atoms with Crippen molar-refractivity contribution < 1.29 is 23.0 Å². The van der Waals surface area contributed by atoms with E-state index in [0.717, 1.165) is 5.56 Å². The Morgan fingerprint density at radius 1 is 1.38 bits per heavy atom. The number of hydrogen-bond acceptors (Lipinski definition) is 7. The fraction of sp³-hybridized carbons (Fsp3) is 0.444. The molecule has 0 bridgehead atoms. The molecule has 11 heteroatoms. The number of methoxy groups -OCH3 is 1. The van der Waals surface area contributed by atoms with Gasteiger partial charge in [0.2, 0.25) is 0 Å². The summed E-state index contributed by atoms with van der Waals surface area (Å²) in [6, 6.07) is 8.27. The molecule has 0 saturated carbocycles. The van der Waals surface area contributed by atoms with Gasteiger partial charge in [0, 0.05) is 36.0 Å². The van der Waals surface area contributed by atoms with E-state index in [1.165, 1.54) is 16.8 Å². The lowest BCUT2D eigenvalue weighted by Gasteiger charge is -2.29. The zero-order valence-corrected chi connectivity index (χ0v) is 17.6. The Morgan fingerprint density at radius 2 is 2.21 bits per heavy atom. The van der Waals surface area contributed by atoms with E-state index in [1.807, 2.05) is 19.1 Å². The lowest BCUT2D eigenvalue weighted by molar-refractivity contribution is -0.178. The van der Waals surface area contributed by atoms with Crippen molar-refractivity contribution >= 4 is 20.2 Å². The zero-order valence-electron chi connectivity index (χ0n) is 15.9. The van der Waals surface area contributed by atoms with Crippen molar-refractivity contribution in [2.24, 2.45) is 0 Å². The van der Waals surface area contributed by atoms with Crippen molar-refractivity contribution in [3.8, 4) is 0 Å². The fourth-order valence-electron chi connectivity index (χ4n) is 2.80. The molecule has 4 unspecified atom stereocenters. The maximum atomic E-state index is 11.9. The summed E-state index contributed by atoms with van der Waals surface area (Å²) >= 11 is 6.01. The van der Waals surface area contributed by atoms with E-state index in [2.05, 4.69) is 4.98 Å². The number of hydrogen-bond donors (Lipinski definition) is 1. The monoisotopic (exact) mass is 444 g/mol. The summed E-state index contributed by atoms with van der Waals surface area (Å²) in [5.74, 6) is 0. The van der Waals surface area contributed by atoms with Crippen LogP contribution in [0, 0.1) is 0 Å². The number of H-pyrrole nitrogens is 1. The number of aromatic amines is 1. The van der Waals surface area contributed by atoms with Crippen LogP contribution in [0.3, 0.4) is 0 Å². The first-order valence-electron chi connectivity index (χ1n) is 8.90. The van der Waals surface area contributed by atoms with Crippen LogP contribution in [0.2, 0.25) is 5.02 Å². The summed E-state index contributed by atoms with van der Waals surface area (Å²) in [5.41, 5.74) is -0.132. The van der Waals surface area contributed by atoms with Crippen molar-refractivity contribution in [3.63, 3.8) is 0 Å². The third-order valence-electron chi connectivity index (χ3n) is 4.31. The molecule has 1 N–H and O–H groups in total. The Kier molecular flexibility index (Phi) is 7.97. The largest absolute Gasteiger partial charge is 0.379 e. The van der Waals surface area contributed by atoms with Crippen LogP contribution in [0.1, 0.15) is 31.2 Å². The standard InChI is InChI=1S/C18H22ClN2O7P/c1-12(21-7-6-16(22)20-18(21)23)8-15(24-2)10-26-29-27-11-25-17(28-29)13-4-3-5-14(19)9-13/h3-7,9,12,15,17H,8,10-11H2,1-2H3,(H,20,22,23). The Morgan fingerprint density at radius 3 is 2.93 bits per heavy atom. The highest BCUT2D eigenvalue weighted by molar-refractivity contribution is 7.41. The SMILES string of the molecule is COC(COP1OCOC(c2cccc(Cl)c2)O1)CC(C)n1ccc(=O)[nH]c1=O. The molecule has 1 aliphatic rings. The number of rotatable bonds is 8. The van der Waals surface area contributed by atoms with E-state index in [9.17, 15) is 9.59 Å². The van der Waals surface area contributed by atoms with Gasteiger partial charge in [-0.1, -0.05) is 23.7 Å². The Hall–Kier alpha value is -1.58. The Balaban J connectivity index is 1.54. The van der Waals surface area contributed by atoms with Crippen LogP contribution in [0.5, 0.6) is 0 Å². The highest BCUT2D eigenvalue weighted by Gasteiger charge is 2.28. The van der Waals surface area contributed by atoms with Crippen molar-refractivity contribution in [1.29, 1.82) is 0 Å². The van der Waals surface area contributed by atoms with Gasteiger partial charge in [-0.2, -0.15) is 0 Å². The van der Waals surface area contributed by atoms with Crippen LogP contribution in [0.15, 0.2) is 46.1 Å². The predicted octanol–water partition coefficient (Wildman–Crippen LogP) is 3.12. The highest BCUT2D eigenvalue weighted by atomic mass is 35.5. The Bertz CT molecular complexity index is 921. The highest BCUT2D eigenvalue weighted by Crippen LogP contribution is 2.48. The van der Waals surface area contributed by atoms with E-state index < -0.39 is 26.1 Å². The molecule has 0 amide bonds. The summed E-state index contributed by atoms with van der Waals surface area (Å²) in [6.45, 7) is 2.09. The molecular formula is C18H22ClN2O7P. The van der Waals surface area contributed by atoms with Crippen LogP contribution in [-0.2, 0) is 23.0 Å². The molecule has 0 radical (unpaired) electrons. The maximum absolute atomic E-state index is 11.9. The lowest BCUT2D eigenvalue weighted by atomic mass is 10.1. The molecule has 1 fully saturated rings. The molecule has 2 aromatic rings. The minimum Gasteiger partial charge on any atom is -0.379 e. The van der Waals surface area contributed by atoms with E-state index in [4.69, 9.17) is 34.6 Å². The molecule has 4 atom stereocenters. The van der Waals surface area contributed by atoms with E-state index in [0.29, 0.717) is 11.4 Å². The number of nitrogens with one attached hydrogen (secondary N) is 1.